The highest BCUT2D eigenvalue weighted by Crippen LogP contribution is 2.17. The summed E-state index contributed by atoms with van der Waals surface area (Å²) in [6.07, 6.45) is 3.97. The van der Waals surface area contributed by atoms with Crippen LogP contribution in [0.1, 0.15) is 24.4 Å². The van der Waals surface area contributed by atoms with E-state index in [0.717, 1.165) is 25.1 Å². The maximum atomic E-state index is 8.90. The number of aliphatic hydroxyl groups is 1. The zero-order valence-electron chi connectivity index (χ0n) is 9.86. The Balaban J connectivity index is 2.49. The number of hydrogen-bond donors (Lipinski definition) is 2. The SMILES string of the molecule is CSCCNC(CCCO)c1ccccc1. The van der Waals surface area contributed by atoms with Crippen LogP contribution in [0.2, 0.25) is 0 Å². The summed E-state index contributed by atoms with van der Waals surface area (Å²) in [6.45, 7) is 1.29. The summed E-state index contributed by atoms with van der Waals surface area (Å²) in [6, 6.07) is 10.8. The van der Waals surface area contributed by atoms with Gasteiger partial charge in [-0.1, -0.05) is 30.3 Å². The minimum atomic E-state index is 0.271. The molecule has 0 saturated carbocycles. The number of hydrogen-bond acceptors (Lipinski definition) is 3. The Morgan fingerprint density at radius 2 is 2.06 bits per heavy atom. The van der Waals surface area contributed by atoms with E-state index in [2.05, 4.69) is 35.8 Å². The van der Waals surface area contributed by atoms with Gasteiger partial charge in [0.25, 0.3) is 0 Å². The molecule has 0 fully saturated rings. The Hall–Kier alpha value is -0.510. The van der Waals surface area contributed by atoms with E-state index in [4.69, 9.17) is 5.11 Å². The van der Waals surface area contributed by atoms with Crippen LogP contribution in [-0.2, 0) is 0 Å². The molecular weight excluding hydrogens is 218 g/mol. The van der Waals surface area contributed by atoms with Crippen molar-refractivity contribution < 1.29 is 5.11 Å². The van der Waals surface area contributed by atoms with Gasteiger partial charge in [0.15, 0.2) is 0 Å². The van der Waals surface area contributed by atoms with Crippen LogP contribution < -0.4 is 5.32 Å². The van der Waals surface area contributed by atoms with Gasteiger partial charge >= 0.3 is 0 Å². The van der Waals surface area contributed by atoms with Crippen molar-refractivity contribution in [3.05, 3.63) is 35.9 Å². The van der Waals surface area contributed by atoms with Crippen molar-refractivity contribution in [3.63, 3.8) is 0 Å². The molecule has 0 heterocycles. The number of nitrogens with one attached hydrogen (secondary N) is 1. The Kier molecular flexibility index (Phi) is 7.30. The van der Waals surface area contributed by atoms with E-state index >= 15 is 0 Å². The summed E-state index contributed by atoms with van der Waals surface area (Å²) in [5.74, 6) is 1.13. The lowest BCUT2D eigenvalue weighted by atomic mass is 10.0. The van der Waals surface area contributed by atoms with Crippen molar-refractivity contribution >= 4 is 11.8 Å². The number of rotatable bonds is 8. The van der Waals surface area contributed by atoms with Gasteiger partial charge in [0, 0.05) is 24.9 Å². The van der Waals surface area contributed by atoms with E-state index in [0.29, 0.717) is 6.04 Å². The minimum absolute atomic E-state index is 0.271. The average Bonchev–Trinajstić information content (AvgIpc) is 2.35. The van der Waals surface area contributed by atoms with Crippen molar-refractivity contribution in [2.75, 3.05) is 25.2 Å². The normalized spacial score (nSPS) is 12.6. The molecule has 0 aliphatic heterocycles. The third kappa shape index (κ3) is 5.01. The average molecular weight is 239 g/mol. The highest BCUT2D eigenvalue weighted by molar-refractivity contribution is 7.98. The second kappa shape index (κ2) is 8.62. The topological polar surface area (TPSA) is 32.3 Å². The molecular formula is C13H21NOS. The molecule has 0 amide bonds. The predicted octanol–water partition coefficient (Wildman–Crippen LogP) is 2.45. The Bertz CT molecular complexity index is 266. The predicted molar refractivity (Wildman–Crippen MR) is 71.9 cm³/mol. The van der Waals surface area contributed by atoms with Crippen molar-refractivity contribution in [1.29, 1.82) is 0 Å². The molecule has 1 rings (SSSR count). The first-order valence-electron chi connectivity index (χ1n) is 5.76. The summed E-state index contributed by atoms with van der Waals surface area (Å²) < 4.78 is 0. The van der Waals surface area contributed by atoms with Gasteiger partial charge < -0.3 is 10.4 Å². The molecule has 0 spiro atoms. The lowest BCUT2D eigenvalue weighted by molar-refractivity contribution is 0.275. The van der Waals surface area contributed by atoms with Gasteiger partial charge in [-0.05, 0) is 24.7 Å². The van der Waals surface area contributed by atoms with Gasteiger partial charge in [0.1, 0.15) is 0 Å². The molecule has 1 atom stereocenters. The van der Waals surface area contributed by atoms with Crippen LogP contribution in [0, 0.1) is 0 Å². The third-order valence-electron chi connectivity index (χ3n) is 2.55. The highest BCUT2D eigenvalue weighted by Gasteiger charge is 2.09. The fraction of sp³-hybridized carbons (Fsp3) is 0.538. The van der Waals surface area contributed by atoms with E-state index in [9.17, 15) is 0 Å². The molecule has 2 nitrogen and oxygen atoms in total. The monoisotopic (exact) mass is 239 g/mol. The van der Waals surface area contributed by atoms with Crippen LogP contribution in [-0.4, -0.2) is 30.3 Å². The van der Waals surface area contributed by atoms with Crippen LogP contribution in [0.5, 0.6) is 0 Å². The lowest BCUT2D eigenvalue weighted by Crippen LogP contribution is -2.24. The van der Waals surface area contributed by atoms with Gasteiger partial charge in [0.05, 0.1) is 0 Å². The molecule has 0 aliphatic carbocycles. The van der Waals surface area contributed by atoms with E-state index in [1.54, 1.807) is 0 Å². The summed E-state index contributed by atoms with van der Waals surface area (Å²) in [5, 5.41) is 12.4. The lowest BCUT2D eigenvalue weighted by Gasteiger charge is -2.18. The van der Waals surface area contributed by atoms with Gasteiger partial charge in [-0.3, -0.25) is 0 Å². The standard InChI is InChI=1S/C13H21NOS/c1-16-11-9-14-13(8-5-10-15)12-6-3-2-4-7-12/h2-4,6-7,13-15H,5,8-11H2,1H3. The first-order valence-corrected chi connectivity index (χ1v) is 7.16. The number of thioether (sulfide) groups is 1. The Morgan fingerprint density at radius 3 is 2.69 bits per heavy atom. The number of benzene rings is 1. The molecule has 2 N–H and O–H groups in total. The van der Waals surface area contributed by atoms with Crippen LogP contribution in [0.4, 0.5) is 0 Å². The van der Waals surface area contributed by atoms with Gasteiger partial charge in [0.2, 0.25) is 0 Å². The Labute approximate surface area is 102 Å². The molecule has 1 unspecified atom stereocenters. The summed E-state index contributed by atoms with van der Waals surface area (Å²) in [5.41, 5.74) is 1.32. The molecule has 0 bridgehead atoms. The largest absolute Gasteiger partial charge is 0.396 e. The van der Waals surface area contributed by atoms with E-state index < -0.39 is 0 Å². The molecule has 0 radical (unpaired) electrons. The second-order valence-corrected chi connectivity index (χ2v) is 4.76. The van der Waals surface area contributed by atoms with Gasteiger partial charge in [-0.25, -0.2) is 0 Å². The van der Waals surface area contributed by atoms with Crippen molar-refractivity contribution in [2.24, 2.45) is 0 Å². The zero-order valence-corrected chi connectivity index (χ0v) is 10.7. The molecule has 0 saturated heterocycles. The fourth-order valence-electron chi connectivity index (χ4n) is 1.70. The van der Waals surface area contributed by atoms with Crippen LogP contribution >= 0.6 is 11.8 Å². The van der Waals surface area contributed by atoms with Crippen LogP contribution in [0.3, 0.4) is 0 Å². The maximum Gasteiger partial charge on any atom is 0.0431 e. The fourth-order valence-corrected chi connectivity index (χ4v) is 2.02. The molecule has 1 aromatic carbocycles. The summed E-state index contributed by atoms with van der Waals surface area (Å²) in [4.78, 5) is 0. The molecule has 16 heavy (non-hydrogen) atoms. The van der Waals surface area contributed by atoms with Crippen molar-refractivity contribution in [3.8, 4) is 0 Å². The Morgan fingerprint density at radius 1 is 1.31 bits per heavy atom. The highest BCUT2D eigenvalue weighted by atomic mass is 32.2. The molecule has 0 aromatic heterocycles. The zero-order chi connectivity index (χ0) is 11.6. The van der Waals surface area contributed by atoms with Gasteiger partial charge in [-0.15, -0.1) is 0 Å². The molecule has 1 aromatic rings. The van der Waals surface area contributed by atoms with Gasteiger partial charge in [-0.2, -0.15) is 11.8 Å². The first-order chi connectivity index (χ1) is 7.88. The first kappa shape index (κ1) is 13.6. The molecule has 0 aliphatic rings. The summed E-state index contributed by atoms with van der Waals surface area (Å²) in [7, 11) is 0. The van der Waals surface area contributed by atoms with E-state index in [1.165, 1.54) is 5.56 Å². The van der Waals surface area contributed by atoms with Crippen LogP contribution in [0.25, 0.3) is 0 Å². The van der Waals surface area contributed by atoms with Crippen molar-refractivity contribution in [2.45, 2.75) is 18.9 Å². The summed E-state index contributed by atoms with van der Waals surface area (Å²) >= 11 is 1.85. The van der Waals surface area contributed by atoms with E-state index in [1.807, 2.05) is 17.8 Å². The molecule has 3 heteroatoms. The quantitative estimate of drug-likeness (QED) is 0.684. The minimum Gasteiger partial charge on any atom is -0.396 e. The second-order valence-electron chi connectivity index (χ2n) is 3.78. The maximum absolute atomic E-state index is 8.90. The van der Waals surface area contributed by atoms with E-state index in [-0.39, 0.29) is 6.61 Å². The van der Waals surface area contributed by atoms with Crippen LogP contribution in [0.15, 0.2) is 30.3 Å². The number of aliphatic hydroxyl groups excluding tert-OH is 1. The smallest absolute Gasteiger partial charge is 0.0431 e. The molecule has 90 valence electrons. The third-order valence-corrected chi connectivity index (χ3v) is 3.16. The van der Waals surface area contributed by atoms with Crippen molar-refractivity contribution in [1.82, 2.24) is 5.32 Å².